The van der Waals surface area contributed by atoms with Crippen LogP contribution in [0.5, 0.6) is 0 Å². The predicted molar refractivity (Wildman–Crippen MR) is 64.5 cm³/mol. The summed E-state index contributed by atoms with van der Waals surface area (Å²) in [6, 6.07) is 6.43. The molecule has 2 N–H and O–H groups in total. The Morgan fingerprint density at radius 2 is 2.00 bits per heavy atom. The zero-order valence-electron chi connectivity index (χ0n) is 9.91. The average Bonchev–Trinajstić information content (AvgIpc) is 2.87. The summed E-state index contributed by atoms with van der Waals surface area (Å²) in [5.41, 5.74) is 0.826. The standard InChI is InChI=1S/C12H10N2O5/c1-18-11(17)7-2-4-8(5-3-7)13-12-14-9(6-19-12)10(15)16/h2-6H,1H3,(H,13,14)(H,15,16). The highest BCUT2D eigenvalue weighted by Gasteiger charge is 2.10. The fraction of sp³-hybridized carbons (Fsp3) is 0.0833. The largest absolute Gasteiger partial charge is 0.476 e. The number of hydrogen-bond donors (Lipinski definition) is 2. The number of benzene rings is 1. The SMILES string of the molecule is COC(=O)c1ccc(Nc2nc(C(=O)O)co2)cc1. The lowest BCUT2D eigenvalue weighted by Gasteiger charge is -2.02. The molecule has 98 valence electrons. The molecule has 0 amide bonds. The van der Waals surface area contributed by atoms with Gasteiger partial charge >= 0.3 is 11.9 Å². The van der Waals surface area contributed by atoms with E-state index in [9.17, 15) is 9.59 Å². The number of rotatable bonds is 4. The number of ether oxygens (including phenoxy) is 1. The van der Waals surface area contributed by atoms with E-state index in [0.29, 0.717) is 11.3 Å². The smallest absolute Gasteiger partial charge is 0.357 e. The van der Waals surface area contributed by atoms with Gasteiger partial charge in [-0.1, -0.05) is 0 Å². The van der Waals surface area contributed by atoms with E-state index < -0.39 is 11.9 Å². The van der Waals surface area contributed by atoms with Crippen molar-refractivity contribution in [2.75, 3.05) is 12.4 Å². The maximum atomic E-state index is 11.2. The van der Waals surface area contributed by atoms with Gasteiger partial charge in [0.25, 0.3) is 6.01 Å². The number of esters is 1. The van der Waals surface area contributed by atoms with Crippen LogP contribution in [0.1, 0.15) is 20.8 Å². The Labute approximate surface area is 107 Å². The predicted octanol–water partition coefficient (Wildman–Crippen LogP) is 1.90. The summed E-state index contributed by atoms with van der Waals surface area (Å²) in [5.74, 6) is -1.60. The van der Waals surface area contributed by atoms with E-state index in [4.69, 9.17) is 9.52 Å². The molecule has 0 saturated heterocycles. The second-order valence-electron chi connectivity index (χ2n) is 3.54. The maximum absolute atomic E-state index is 11.2. The summed E-state index contributed by atoms with van der Waals surface area (Å²) in [7, 11) is 1.30. The van der Waals surface area contributed by atoms with Crippen molar-refractivity contribution >= 4 is 23.6 Å². The third kappa shape index (κ3) is 2.89. The van der Waals surface area contributed by atoms with Crippen molar-refractivity contribution in [2.24, 2.45) is 0 Å². The fourth-order valence-corrected chi connectivity index (χ4v) is 1.36. The second kappa shape index (κ2) is 5.21. The summed E-state index contributed by atoms with van der Waals surface area (Å²) in [5, 5.41) is 11.5. The average molecular weight is 262 g/mol. The highest BCUT2D eigenvalue weighted by molar-refractivity contribution is 5.89. The summed E-state index contributed by atoms with van der Waals surface area (Å²) >= 11 is 0. The van der Waals surface area contributed by atoms with E-state index in [-0.39, 0.29) is 11.7 Å². The Morgan fingerprint density at radius 3 is 2.53 bits per heavy atom. The number of hydrogen-bond acceptors (Lipinski definition) is 6. The highest BCUT2D eigenvalue weighted by atomic mass is 16.5. The third-order valence-corrected chi connectivity index (χ3v) is 2.28. The van der Waals surface area contributed by atoms with Gasteiger partial charge < -0.3 is 19.6 Å². The number of aromatic carboxylic acids is 1. The molecule has 0 unspecified atom stereocenters. The van der Waals surface area contributed by atoms with Crippen LogP contribution in [0.3, 0.4) is 0 Å². The summed E-state index contributed by atoms with van der Waals surface area (Å²) in [6.45, 7) is 0. The van der Waals surface area contributed by atoms with Crippen molar-refractivity contribution in [2.45, 2.75) is 0 Å². The van der Waals surface area contributed by atoms with E-state index >= 15 is 0 Å². The van der Waals surface area contributed by atoms with Crippen molar-refractivity contribution in [3.8, 4) is 0 Å². The molecule has 0 fully saturated rings. The lowest BCUT2D eigenvalue weighted by Crippen LogP contribution is -2.01. The first-order valence-corrected chi connectivity index (χ1v) is 5.24. The molecule has 0 radical (unpaired) electrons. The van der Waals surface area contributed by atoms with Crippen LogP contribution in [-0.2, 0) is 4.74 Å². The number of nitrogens with one attached hydrogen (secondary N) is 1. The van der Waals surface area contributed by atoms with Crippen LogP contribution in [0.2, 0.25) is 0 Å². The number of anilines is 2. The van der Waals surface area contributed by atoms with Crippen LogP contribution in [0.25, 0.3) is 0 Å². The number of carbonyl (C=O) groups is 2. The number of carboxylic acids is 1. The van der Waals surface area contributed by atoms with Crippen LogP contribution in [-0.4, -0.2) is 29.1 Å². The van der Waals surface area contributed by atoms with Gasteiger partial charge in [-0.2, -0.15) is 4.98 Å². The van der Waals surface area contributed by atoms with E-state index in [2.05, 4.69) is 15.0 Å². The van der Waals surface area contributed by atoms with Crippen LogP contribution in [0.4, 0.5) is 11.7 Å². The molecule has 1 aromatic heterocycles. The number of carbonyl (C=O) groups excluding carboxylic acids is 1. The number of oxazole rings is 1. The molecule has 1 heterocycles. The highest BCUT2D eigenvalue weighted by Crippen LogP contribution is 2.17. The molecular weight excluding hydrogens is 252 g/mol. The molecule has 2 rings (SSSR count). The van der Waals surface area contributed by atoms with Gasteiger partial charge in [0.1, 0.15) is 6.26 Å². The monoisotopic (exact) mass is 262 g/mol. The van der Waals surface area contributed by atoms with Gasteiger partial charge in [-0.25, -0.2) is 9.59 Å². The first kappa shape index (κ1) is 12.6. The minimum absolute atomic E-state index is 0.0585. The molecule has 7 heteroatoms. The second-order valence-corrected chi connectivity index (χ2v) is 3.54. The minimum atomic E-state index is -1.17. The fourth-order valence-electron chi connectivity index (χ4n) is 1.36. The number of methoxy groups -OCH3 is 1. The topological polar surface area (TPSA) is 102 Å². The van der Waals surface area contributed by atoms with Gasteiger partial charge in [-0.3, -0.25) is 0 Å². The maximum Gasteiger partial charge on any atom is 0.357 e. The summed E-state index contributed by atoms with van der Waals surface area (Å²) < 4.78 is 9.50. The molecule has 0 bridgehead atoms. The first-order chi connectivity index (χ1) is 9.10. The molecule has 0 aliphatic carbocycles. The van der Waals surface area contributed by atoms with Gasteiger partial charge in [0.15, 0.2) is 5.69 Å². The normalized spacial score (nSPS) is 9.95. The zero-order chi connectivity index (χ0) is 13.8. The lowest BCUT2D eigenvalue weighted by molar-refractivity contribution is 0.0599. The Balaban J connectivity index is 2.10. The molecule has 0 aliphatic rings. The summed E-state index contributed by atoms with van der Waals surface area (Å²) in [6.07, 6.45) is 1.04. The Hall–Kier alpha value is -2.83. The molecule has 7 nitrogen and oxygen atoms in total. The van der Waals surface area contributed by atoms with Gasteiger partial charge in [0.2, 0.25) is 0 Å². The molecule has 1 aromatic carbocycles. The minimum Gasteiger partial charge on any atom is -0.476 e. The van der Waals surface area contributed by atoms with Crippen molar-refractivity contribution in [1.29, 1.82) is 0 Å². The number of nitrogens with zero attached hydrogens (tertiary/aromatic N) is 1. The van der Waals surface area contributed by atoms with Crippen molar-refractivity contribution in [3.63, 3.8) is 0 Å². The Morgan fingerprint density at radius 1 is 1.32 bits per heavy atom. The van der Waals surface area contributed by atoms with Crippen LogP contribution in [0, 0.1) is 0 Å². The van der Waals surface area contributed by atoms with E-state index in [1.165, 1.54) is 7.11 Å². The zero-order valence-corrected chi connectivity index (χ0v) is 9.91. The Kier molecular flexibility index (Phi) is 3.46. The van der Waals surface area contributed by atoms with E-state index in [1.54, 1.807) is 24.3 Å². The molecule has 0 aliphatic heterocycles. The van der Waals surface area contributed by atoms with Gasteiger partial charge in [0, 0.05) is 5.69 Å². The van der Waals surface area contributed by atoms with Crippen LogP contribution < -0.4 is 5.32 Å². The molecule has 19 heavy (non-hydrogen) atoms. The van der Waals surface area contributed by atoms with Crippen LogP contribution >= 0.6 is 0 Å². The quantitative estimate of drug-likeness (QED) is 0.811. The van der Waals surface area contributed by atoms with Crippen molar-refractivity contribution in [1.82, 2.24) is 4.98 Å². The van der Waals surface area contributed by atoms with E-state index in [0.717, 1.165) is 6.26 Å². The van der Waals surface area contributed by atoms with Crippen molar-refractivity contribution in [3.05, 3.63) is 41.8 Å². The van der Waals surface area contributed by atoms with E-state index in [1.807, 2.05) is 0 Å². The number of aromatic nitrogens is 1. The third-order valence-electron chi connectivity index (χ3n) is 2.28. The van der Waals surface area contributed by atoms with Gasteiger partial charge in [-0.15, -0.1) is 0 Å². The molecule has 0 spiro atoms. The van der Waals surface area contributed by atoms with Crippen molar-refractivity contribution < 1.29 is 23.8 Å². The molecule has 2 aromatic rings. The molecule has 0 saturated carbocycles. The molecule has 0 atom stereocenters. The lowest BCUT2D eigenvalue weighted by atomic mass is 10.2. The molecular formula is C12H10N2O5. The van der Waals surface area contributed by atoms with Gasteiger partial charge in [-0.05, 0) is 24.3 Å². The summed E-state index contributed by atoms with van der Waals surface area (Å²) in [4.78, 5) is 25.6. The van der Waals surface area contributed by atoms with Gasteiger partial charge in [0.05, 0.1) is 12.7 Å². The Bertz CT molecular complexity index is 603. The number of carboxylic acid groups (broad SMARTS) is 1. The van der Waals surface area contributed by atoms with Crippen LogP contribution in [0.15, 0.2) is 34.9 Å². The first-order valence-electron chi connectivity index (χ1n) is 5.24.